The SMILES string of the molecule is CCCNC1CCCCC1C1CCCN1C(=O)OC(C)(C)C. The average molecular weight is 310 g/mol. The smallest absolute Gasteiger partial charge is 0.410 e. The predicted octanol–water partition coefficient (Wildman–Crippen LogP) is 3.94. The molecule has 3 unspecified atom stereocenters. The Hall–Kier alpha value is -0.770. The van der Waals surface area contributed by atoms with Crippen molar-refractivity contribution in [2.45, 2.75) is 90.3 Å². The molecule has 2 aliphatic rings. The molecule has 128 valence electrons. The second-order valence-corrected chi connectivity index (χ2v) is 7.89. The summed E-state index contributed by atoms with van der Waals surface area (Å²) in [7, 11) is 0. The van der Waals surface area contributed by atoms with E-state index >= 15 is 0 Å². The van der Waals surface area contributed by atoms with Gasteiger partial charge in [0.05, 0.1) is 0 Å². The molecule has 1 amide bonds. The molecule has 0 aromatic rings. The molecule has 4 nitrogen and oxygen atoms in total. The van der Waals surface area contributed by atoms with Gasteiger partial charge in [0.25, 0.3) is 0 Å². The zero-order chi connectivity index (χ0) is 16.2. The van der Waals surface area contributed by atoms with Crippen molar-refractivity contribution in [3.63, 3.8) is 0 Å². The minimum absolute atomic E-state index is 0.116. The van der Waals surface area contributed by atoms with E-state index in [1.807, 2.05) is 25.7 Å². The second kappa shape index (κ2) is 7.67. The molecule has 0 spiro atoms. The lowest BCUT2D eigenvalue weighted by Crippen LogP contribution is -2.50. The van der Waals surface area contributed by atoms with Gasteiger partial charge in [-0.2, -0.15) is 0 Å². The number of hydrogen-bond donors (Lipinski definition) is 1. The molecular weight excluding hydrogens is 276 g/mol. The van der Waals surface area contributed by atoms with Crippen LogP contribution in [0.4, 0.5) is 4.79 Å². The number of hydrogen-bond acceptors (Lipinski definition) is 3. The Kier molecular flexibility index (Phi) is 6.13. The third-order valence-corrected chi connectivity index (χ3v) is 4.90. The summed E-state index contributed by atoms with van der Waals surface area (Å²) in [5.74, 6) is 0.593. The summed E-state index contributed by atoms with van der Waals surface area (Å²) in [6.07, 6.45) is 8.41. The summed E-state index contributed by atoms with van der Waals surface area (Å²) < 4.78 is 5.63. The van der Waals surface area contributed by atoms with Crippen molar-refractivity contribution < 1.29 is 9.53 Å². The van der Waals surface area contributed by atoms with E-state index in [-0.39, 0.29) is 6.09 Å². The number of nitrogens with zero attached hydrogens (tertiary/aromatic N) is 1. The number of rotatable bonds is 4. The van der Waals surface area contributed by atoms with Crippen LogP contribution in [0.5, 0.6) is 0 Å². The van der Waals surface area contributed by atoms with Crippen LogP contribution >= 0.6 is 0 Å². The molecule has 0 bridgehead atoms. The van der Waals surface area contributed by atoms with Crippen LogP contribution in [0, 0.1) is 5.92 Å². The van der Waals surface area contributed by atoms with Gasteiger partial charge in [-0.05, 0) is 65.3 Å². The first-order chi connectivity index (χ1) is 10.4. The van der Waals surface area contributed by atoms with Crippen LogP contribution in [-0.2, 0) is 4.74 Å². The fourth-order valence-corrected chi connectivity index (χ4v) is 3.99. The average Bonchev–Trinajstić information content (AvgIpc) is 2.93. The first-order valence-corrected chi connectivity index (χ1v) is 9.15. The largest absolute Gasteiger partial charge is 0.444 e. The maximum atomic E-state index is 12.5. The molecule has 3 atom stereocenters. The zero-order valence-corrected chi connectivity index (χ0v) is 14.9. The number of carbonyl (C=O) groups excluding carboxylic acids is 1. The summed E-state index contributed by atoms with van der Waals surface area (Å²) in [6.45, 7) is 10.00. The lowest BCUT2D eigenvalue weighted by atomic mass is 9.79. The van der Waals surface area contributed by atoms with Crippen LogP contribution in [0.15, 0.2) is 0 Å². The quantitative estimate of drug-likeness (QED) is 0.855. The molecule has 2 fully saturated rings. The van der Waals surface area contributed by atoms with Crippen molar-refractivity contribution in [1.82, 2.24) is 10.2 Å². The number of nitrogens with one attached hydrogen (secondary N) is 1. The molecule has 1 saturated heterocycles. The lowest BCUT2D eigenvalue weighted by molar-refractivity contribution is 0.0133. The van der Waals surface area contributed by atoms with Gasteiger partial charge in [-0.25, -0.2) is 4.79 Å². The summed E-state index contributed by atoms with van der Waals surface area (Å²) in [4.78, 5) is 14.5. The third-order valence-electron chi connectivity index (χ3n) is 4.90. The van der Waals surface area contributed by atoms with Crippen LogP contribution in [0.25, 0.3) is 0 Å². The molecule has 1 aliphatic heterocycles. The Labute approximate surface area is 136 Å². The fourth-order valence-electron chi connectivity index (χ4n) is 3.99. The summed E-state index contributed by atoms with van der Waals surface area (Å²) in [5, 5.41) is 3.73. The predicted molar refractivity (Wildman–Crippen MR) is 90.0 cm³/mol. The molecule has 1 N–H and O–H groups in total. The first-order valence-electron chi connectivity index (χ1n) is 9.15. The van der Waals surface area contributed by atoms with Crippen LogP contribution in [-0.4, -0.2) is 41.8 Å². The van der Waals surface area contributed by atoms with Gasteiger partial charge in [0.2, 0.25) is 0 Å². The number of likely N-dealkylation sites (tertiary alicyclic amines) is 1. The summed E-state index contributed by atoms with van der Waals surface area (Å²) >= 11 is 0. The van der Waals surface area contributed by atoms with Gasteiger partial charge < -0.3 is 15.0 Å². The molecule has 0 radical (unpaired) electrons. The molecule has 1 saturated carbocycles. The first kappa shape index (κ1) is 17.6. The summed E-state index contributed by atoms with van der Waals surface area (Å²) in [5.41, 5.74) is -0.406. The Bertz CT molecular complexity index is 365. The highest BCUT2D eigenvalue weighted by Crippen LogP contribution is 2.35. The van der Waals surface area contributed by atoms with Crippen LogP contribution in [0.1, 0.15) is 72.6 Å². The van der Waals surface area contributed by atoms with Crippen molar-refractivity contribution in [3.8, 4) is 0 Å². The molecule has 0 aromatic carbocycles. The highest BCUT2D eigenvalue weighted by Gasteiger charge is 2.40. The Balaban J connectivity index is 2.02. The van der Waals surface area contributed by atoms with Crippen LogP contribution in [0.3, 0.4) is 0 Å². The fraction of sp³-hybridized carbons (Fsp3) is 0.944. The molecule has 1 aliphatic carbocycles. The van der Waals surface area contributed by atoms with Crippen molar-refractivity contribution in [1.29, 1.82) is 0 Å². The molecule has 1 heterocycles. The van der Waals surface area contributed by atoms with E-state index in [2.05, 4.69) is 12.2 Å². The maximum absolute atomic E-state index is 12.5. The van der Waals surface area contributed by atoms with E-state index in [4.69, 9.17) is 4.74 Å². The van der Waals surface area contributed by atoms with Crippen molar-refractivity contribution in [2.24, 2.45) is 5.92 Å². The van der Waals surface area contributed by atoms with Crippen molar-refractivity contribution in [2.75, 3.05) is 13.1 Å². The van der Waals surface area contributed by atoms with Gasteiger partial charge in [-0.3, -0.25) is 0 Å². The Morgan fingerprint density at radius 3 is 2.59 bits per heavy atom. The van der Waals surface area contributed by atoms with E-state index in [1.165, 1.54) is 32.1 Å². The third kappa shape index (κ3) is 4.61. The standard InChI is InChI=1S/C18H34N2O2/c1-5-12-19-15-10-7-6-9-14(15)16-11-8-13-20(16)17(21)22-18(2,3)4/h14-16,19H,5-13H2,1-4H3. The summed E-state index contributed by atoms with van der Waals surface area (Å²) in [6, 6.07) is 0.936. The van der Waals surface area contributed by atoms with Crippen molar-refractivity contribution in [3.05, 3.63) is 0 Å². The Morgan fingerprint density at radius 1 is 1.18 bits per heavy atom. The van der Waals surface area contributed by atoms with E-state index in [0.29, 0.717) is 18.0 Å². The highest BCUT2D eigenvalue weighted by atomic mass is 16.6. The Morgan fingerprint density at radius 2 is 1.91 bits per heavy atom. The minimum atomic E-state index is -0.406. The van der Waals surface area contributed by atoms with Gasteiger partial charge in [-0.1, -0.05) is 19.8 Å². The van der Waals surface area contributed by atoms with E-state index in [9.17, 15) is 4.79 Å². The van der Waals surface area contributed by atoms with E-state index < -0.39 is 5.60 Å². The second-order valence-electron chi connectivity index (χ2n) is 7.89. The van der Waals surface area contributed by atoms with Gasteiger partial charge in [0.1, 0.15) is 5.60 Å². The van der Waals surface area contributed by atoms with Crippen molar-refractivity contribution >= 4 is 6.09 Å². The van der Waals surface area contributed by atoms with E-state index in [1.54, 1.807) is 0 Å². The van der Waals surface area contributed by atoms with E-state index in [0.717, 1.165) is 25.9 Å². The van der Waals surface area contributed by atoms with Crippen LogP contribution < -0.4 is 5.32 Å². The van der Waals surface area contributed by atoms with Crippen LogP contribution in [0.2, 0.25) is 0 Å². The topological polar surface area (TPSA) is 41.6 Å². The number of ether oxygens (including phenoxy) is 1. The van der Waals surface area contributed by atoms with Gasteiger partial charge in [0.15, 0.2) is 0 Å². The molecule has 22 heavy (non-hydrogen) atoms. The lowest BCUT2D eigenvalue weighted by Gasteiger charge is -2.40. The molecular formula is C18H34N2O2. The maximum Gasteiger partial charge on any atom is 0.410 e. The van der Waals surface area contributed by atoms with Gasteiger partial charge in [-0.15, -0.1) is 0 Å². The monoisotopic (exact) mass is 310 g/mol. The molecule has 0 aromatic heterocycles. The number of carbonyl (C=O) groups is 1. The van der Waals surface area contributed by atoms with Gasteiger partial charge >= 0.3 is 6.09 Å². The highest BCUT2D eigenvalue weighted by molar-refractivity contribution is 5.69. The molecule has 4 heteroatoms. The zero-order valence-electron chi connectivity index (χ0n) is 14.9. The van der Waals surface area contributed by atoms with Gasteiger partial charge in [0, 0.05) is 18.6 Å². The number of amides is 1. The normalized spacial score (nSPS) is 29.6. The molecule has 2 rings (SSSR count). The minimum Gasteiger partial charge on any atom is -0.444 e.